The maximum atomic E-state index is 5.34. The van der Waals surface area contributed by atoms with E-state index in [4.69, 9.17) is 4.74 Å². The second-order valence-corrected chi connectivity index (χ2v) is 6.30. The molecule has 2 aliphatic rings. The molecule has 1 N–H and O–H groups in total. The van der Waals surface area contributed by atoms with Crippen LogP contribution < -0.4 is 5.32 Å². The Bertz CT molecular complexity index is 458. The third-order valence-corrected chi connectivity index (χ3v) is 4.90. The second kappa shape index (κ2) is 6.91. The minimum atomic E-state index is 0.470. The lowest BCUT2D eigenvalue weighted by molar-refractivity contribution is 0.0873. The molecule has 1 aromatic rings. The molecule has 1 aromatic carbocycles. The van der Waals surface area contributed by atoms with Gasteiger partial charge in [0.25, 0.3) is 0 Å². The van der Waals surface area contributed by atoms with Gasteiger partial charge in [-0.25, -0.2) is 0 Å². The number of rotatable bonds is 7. The van der Waals surface area contributed by atoms with Crippen molar-refractivity contribution >= 4 is 0 Å². The molecule has 0 heterocycles. The summed E-state index contributed by atoms with van der Waals surface area (Å²) < 4.78 is 5.34. The van der Waals surface area contributed by atoms with E-state index in [1.165, 1.54) is 36.8 Å². The van der Waals surface area contributed by atoms with E-state index in [1.807, 2.05) is 7.11 Å². The van der Waals surface area contributed by atoms with Gasteiger partial charge in [0.15, 0.2) is 0 Å². The molecule has 0 aromatic heterocycles. The van der Waals surface area contributed by atoms with Gasteiger partial charge in [-0.05, 0) is 43.4 Å². The van der Waals surface area contributed by atoms with E-state index in [9.17, 15) is 0 Å². The highest BCUT2D eigenvalue weighted by atomic mass is 16.5. The Morgan fingerprint density at radius 3 is 2.76 bits per heavy atom. The van der Waals surface area contributed by atoms with E-state index in [1.54, 1.807) is 0 Å². The number of aryl methyl sites for hydroxylation is 1. The molecular weight excluding hydrogens is 260 g/mol. The van der Waals surface area contributed by atoms with Gasteiger partial charge >= 0.3 is 0 Å². The monoisotopic (exact) mass is 288 g/mol. The summed E-state index contributed by atoms with van der Waals surface area (Å²) in [6.45, 7) is 5.15. The molecule has 3 heteroatoms. The molecule has 0 aliphatic heterocycles. The van der Waals surface area contributed by atoms with Crippen molar-refractivity contribution in [1.29, 1.82) is 0 Å². The van der Waals surface area contributed by atoms with E-state index in [2.05, 4.69) is 41.4 Å². The minimum Gasteiger partial charge on any atom is -0.383 e. The Balaban J connectivity index is 1.83. The smallest absolute Gasteiger partial charge is 0.0589 e. The van der Waals surface area contributed by atoms with E-state index in [0.717, 1.165) is 25.7 Å². The SMILES string of the molecule is CCNC1c2ccccc2CCC1N(CCOC)C1CC1. The van der Waals surface area contributed by atoms with Crippen LogP contribution in [-0.4, -0.2) is 43.8 Å². The van der Waals surface area contributed by atoms with E-state index >= 15 is 0 Å². The highest BCUT2D eigenvalue weighted by Gasteiger charge is 2.39. The van der Waals surface area contributed by atoms with Gasteiger partial charge in [0.1, 0.15) is 0 Å². The number of likely N-dealkylation sites (N-methyl/N-ethyl adjacent to an activating group) is 1. The second-order valence-electron chi connectivity index (χ2n) is 6.30. The van der Waals surface area contributed by atoms with Crippen LogP contribution in [0.25, 0.3) is 0 Å². The molecule has 1 fully saturated rings. The normalized spacial score (nSPS) is 25.1. The number of methoxy groups -OCH3 is 1. The number of nitrogens with one attached hydrogen (secondary N) is 1. The number of nitrogens with zero attached hydrogens (tertiary/aromatic N) is 1. The first-order chi connectivity index (χ1) is 10.3. The van der Waals surface area contributed by atoms with Crippen LogP contribution in [-0.2, 0) is 11.2 Å². The number of benzene rings is 1. The molecule has 0 bridgehead atoms. The molecule has 2 unspecified atom stereocenters. The summed E-state index contributed by atoms with van der Waals surface area (Å²) in [6.07, 6.45) is 5.19. The Labute approximate surface area is 128 Å². The largest absolute Gasteiger partial charge is 0.383 e. The Kier molecular flexibility index (Phi) is 4.94. The zero-order chi connectivity index (χ0) is 14.7. The summed E-state index contributed by atoms with van der Waals surface area (Å²) in [7, 11) is 1.81. The van der Waals surface area contributed by atoms with Gasteiger partial charge in [-0.2, -0.15) is 0 Å². The molecule has 2 aliphatic carbocycles. The van der Waals surface area contributed by atoms with Gasteiger partial charge in [0.05, 0.1) is 6.61 Å². The Morgan fingerprint density at radius 2 is 2.05 bits per heavy atom. The Hall–Kier alpha value is -0.900. The van der Waals surface area contributed by atoms with Gasteiger partial charge in [0, 0.05) is 31.8 Å². The molecule has 1 saturated carbocycles. The van der Waals surface area contributed by atoms with Crippen LogP contribution in [0.15, 0.2) is 24.3 Å². The lowest BCUT2D eigenvalue weighted by Crippen LogP contribution is -2.49. The average molecular weight is 288 g/mol. The van der Waals surface area contributed by atoms with Crippen molar-refractivity contribution in [3.05, 3.63) is 35.4 Å². The molecule has 2 atom stereocenters. The summed E-state index contributed by atoms with van der Waals surface area (Å²) in [5, 5.41) is 3.75. The predicted molar refractivity (Wildman–Crippen MR) is 86.6 cm³/mol. The molecule has 3 rings (SSSR count). The third kappa shape index (κ3) is 3.31. The third-order valence-electron chi connectivity index (χ3n) is 4.90. The van der Waals surface area contributed by atoms with Gasteiger partial charge in [-0.3, -0.25) is 4.90 Å². The average Bonchev–Trinajstić information content (AvgIpc) is 3.34. The maximum absolute atomic E-state index is 5.34. The van der Waals surface area contributed by atoms with Crippen molar-refractivity contribution in [3.63, 3.8) is 0 Å². The lowest BCUT2D eigenvalue weighted by Gasteiger charge is -2.41. The Morgan fingerprint density at radius 1 is 1.24 bits per heavy atom. The number of fused-ring (bicyclic) bond motifs is 1. The fraction of sp³-hybridized carbons (Fsp3) is 0.667. The molecule has 0 radical (unpaired) electrons. The standard InChI is InChI=1S/C18H28N2O/c1-3-19-18-16-7-5-4-6-14(16)8-11-17(18)20(12-13-21-2)15-9-10-15/h4-7,15,17-19H,3,8-13H2,1-2H3. The van der Waals surface area contributed by atoms with Crippen LogP contribution in [0.5, 0.6) is 0 Å². The quantitative estimate of drug-likeness (QED) is 0.835. The van der Waals surface area contributed by atoms with Crippen molar-refractivity contribution in [3.8, 4) is 0 Å². The van der Waals surface area contributed by atoms with Crippen molar-refractivity contribution in [2.24, 2.45) is 0 Å². The fourth-order valence-electron chi connectivity index (χ4n) is 3.79. The molecule has 0 saturated heterocycles. The molecule has 3 nitrogen and oxygen atoms in total. The van der Waals surface area contributed by atoms with Crippen molar-refractivity contribution in [1.82, 2.24) is 10.2 Å². The van der Waals surface area contributed by atoms with E-state index in [-0.39, 0.29) is 0 Å². The van der Waals surface area contributed by atoms with Crippen LogP contribution in [0.3, 0.4) is 0 Å². The first kappa shape index (κ1) is 15.0. The van der Waals surface area contributed by atoms with Crippen molar-refractivity contribution < 1.29 is 4.74 Å². The summed E-state index contributed by atoms with van der Waals surface area (Å²) in [5.74, 6) is 0. The van der Waals surface area contributed by atoms with Crippen LogP contribution in [0.4, 0.5) is 0 Å². The van der Waals surface area contributed by atoms with Crippen LogP contribution >= 0.6 is 0 Å². The summed E-state index contributed by atoms with van der Waals surface area (Å²) in [6, 6.07) is 10.8. The summed E-state index contributed by atoms with van der Waals surface area (Å²) in [5.41, 5.74) is 3.04. The highest BCUT2D eigenvalue weighted by Crippen LogP contribution is 2.38. The summed E-state index contributed by atoms with van der Waals surface area (Å²) >= 11 is 0. The number of hydrogen-bond acceptors (Lipinski definition) is 3. The molecule has 21 heavy (non-hydrogen) atoms. The summed E-state index contributed by atoms with van der Waals surface area (Å²) in [4.78, 5) is 2.72. The number of hydrogen-bond donors (Lipinski definition) is 1. The fourth-order valence-corrected chi connectivity index (χ4v) is 3.79. The first-order valence-corrected chi connectivity index (χ1v) is 8.41. The van der Waals surface area contributed by atoms with Crippen LogP contribution in [0, 0.1) is 0 Å². The molecule has 0 spiro atoms. The van der Waals surface area contributed by atoms with Crippen molar-refractivity contribution in [2.75, 3.05) is 26.8 Å². The van der Waals surface area contributed by atoms with Crippen LogP contribution in [0.2, 0.25) is 0 Å². The lowest BCUT2D eigenvalue weighted by atomic mass is 9.83. The van der Waals surface area contributed by atoms with E-state index in [0.29, 0.717) is 12.1 Å². The topological polar surface area (TPSA) is 24.5 Å². The van der Waals surface area contributed by atoms with Gasteiger partial charge in [-0.1, -0.05) is 31.2 Å². The number of ether oxygens (including phenoxy) is 1. The molecular formula is C18H28N2O. The van der Waals surface area contributed by atoms with Gasteiger partial charge in [0.2, 0.25) is 0 Å². The maximum Gasteiger partial charge on any atom is 0.0589 e. The first-order valence-electron chi connectivity index (χ1n) is 8.41. The minimum absolute atomic E-state index is 0.470. The molecule has 116 valence electrons. The highest BCUT2D eigenvalue weighted by molar-refractivity contribution is 5.34. The molecule has 0 amide bonds. The van der Waals surface area contributed by atoms with Gasteiger partial charge in [-0.15, -0.1) is 0 Å². The van der Waals surface area contributed by atoms with E-state index < -0.39 is 0 Å². The zero-order valence-electron chi connectivity index (χ0n) is 13.3. The zero-order valence-corrected chi connectivity index (χ0v) is 13.3. The van der Waals surface area contributed by atoms with Gasteiger partial charge < -0.3 is 10.1 Å². The van der Waals surface area contributed by atoms with Crippen LogP contribution in [0.1, 0.15) is 43.4 Å². The van der Waals surface area contributed by atoms with Crippen molar-refractivity contribution in [2.45, 2.75) is 50.7 Å². The predicted octanol–water partition coefficient (Wildman–Crippen LogP) is 2.76.